The summed E-state index contributed by atoms with van der Waals surface area (Å²) in [6.07, 6.45) is -4.53. The summed E-state index contributed by atoms with van der Waals surface area (Å²) in [5, 5.41) is 12.8. The average Bonchev–Trinajstić information content (AvgIpc) is 3.67. The molecular formula is C32H40N2O10. The van der Waals surface area contributed by atoms with Crippen LogP contribution in [0.4, 0.5) is 4.79 Å². The van der Waals surface area contributed by atoms with Gasteiger partial charge in [0.25, 0.3) is 5.91 Å². The Morgan fingerprint density at radius 2 is 1.73 bits per heavy atom. The lowest BCUT2D eigenvalue weighted by Crippen LogP contribution is -2.66. The Labute approximate surface area is 255 Å². The lowest BCUT2D eigenvalue weighted by Gasteiger charge is -2.51. The monoisotopic (exact) mass is 612 g/mol. The van der Waals surface area contributed by atoms with Crippen LogP contribution in [0, 0.1) is 22.2 Å². The third-order valence-electron chi connectivity index (χ3n) is 10.2. The third-order valence-corrected chi connectivity index (χ3v) is 10.2. The Morgan fingerprint density at radius 1 is 1.05 bits per heavy atom. The molecule has 7 atom stereocenters. The predicted molar refractivity (Wildman–Crippen MR) is 152 cm³/mol. The number of carbonyl (C=O) groups is 5. The molecular weight excluding hydrogens is 572 g/mol. The number of esters is 3. The van der Waals surface area contributed by atoms with Gasteiger partial charge in [-0.05, 0) is 50.7 Å². The van der Waals surface area contributed by atoms with E-state index in [1.54, 1.807) is 76.8 Å². The minimum Gasteiger partial charge on any atom is -0.461 e. The number of benzene rings is 1. The van der Waals surface area contributed by atoms with Gasteiger partial charge >= 0.3 is 24.0 Å². The lowest BCUT2D eigenvalue weighted by molar-refractivity contribution is -0.212. The number of ether oxygens (including phenoxy) is 4. The summed E-state index contributed by atoms with van der Waals surface area (Å²) in [7, 11) is 0. The summed E-state index contributed by atoms with van der Waals surface area (Å²) < 4.78 is 23.2. The zero-order valence-corrected chi connectivity index (χ0v) is 26.0. The number of carbonyl (C=O) groups excluding carboxylic acids is 5. The molecule has 12 nitrogen and oxygen atoms in total. The van der Waals surface area contributed by atoms with Crippen molar-refractivity contribution in [2.45, 2.75) is 90.4 Å². The molecule has 4 saturated heterocycles. The van der Waals surface area contributed by atoms with Gasteiger partial charge in [0.15, 0.2) is 12.3 Å². The molecule has 0 aromatic heterocycles. The van der Waals surface area contributed by atoms with Crippen molar-refractivity contribution >= 4 is 29.9 Å². The van der Waals surface area contributed by atoms with Gasteiger partial charge in [0.2, 0.25) is 0 Å². The Balaban J connectivity index is 1.42. The van der Waals surface area contributed by atoms with Crippen molar-refractivity contribution in [1.82, 2.24) is 9.80 Å². The highest BCUT2D eigenvalue weighted by molar-refractivity contribution is 5.99. The molecule has 1 N–H and O–H groups in total. The second-order valence-electron chi connectivity index (χ2n) is 14.8. The van der Waals surface area contributed by atoms with E-state index in [1.165, 1.54) is 4.90 Å². The number of hydrogen-bond acceptors (Lipinski definition) is 10. The van der Waals surface area contributed by atoms with Crippen LogP contribution in [-0.2, 0) is 33.3 Å². The van der Waals surface area contributed by atoms with Gasteiger partial charge < -0.3 is 33.9 Å². The summed E-state index contributed by atoms with van der Waals surface area (Å²) in [5.41, 5.74) is -6.91. The molecule has 4 aliphatic heterocycles. The molecule has 5 fully saturated rings. The highest BCUT2D eigenvalue weighted by atomic mass is 16.6. The van der Waals surface area contributed by atoms with Crippen LogP contribution in [0.2, 0.25) is 0 Å². The van der Waals surface area contributed by atoms with Crippen LogP contribution < -0.4 is 0 Å². The second kappa shape index (κ2) is 9.66. The predicted octanol–water partition coefficient (Wildman–Crippen LogP) is 2.66. The largest absolute Gasteiger partial charge is 0.461 e. The molecule has 0 radical (unpaired) electrons. The fourth-order valence-electron chi connectivity index (χ4n) is 8.28. The molecule has 12 heteroatoms. The first-order valence-electron chi connectivity index (χ1n) is 15.1. The number of rotatable bonds is 4. The molecule has 6 rings (SSSR count). The molecule has 1 aromatic carbocycles. The topological polar surface area (TPSA) is 149 Å². The number of aliphatic hydroxyl groups is 1. The van der Waals surface area contributed by atoms with Gasteiger partial charge in [-0.25, -0.2) is 9.59 Å². The maximum absolute atomic E-state index is 14.5. The van der Waals surface area contributed by atoms with Crippen molar-refractivity contribution in [2.75, 3.05) is 19.6 Å². The van der Waals surface area contributed by atoms with E-state index in [0.717, 1.165) is 0 Å². The van der Waals surface area contributed by atoms with Crippen LogP contribution in [0.25, 0.3) is 0 Å². The number of amides is 2. The van der Waals surface area contributed by atoms with Crippen LogP contribution in [0.5, 0.6) is 0 Å². The van der Waals surface area contributed by atoms with Gasteiger partial charge in [-0.3, -0.25) is 14.4 Å². The minimum absolute atomic E-state index is 0.0625. The SMILES string of the molecule is CC(C)(C)OC(=O)N1CC[C@H](CN2C(=O)[C@H](OC(=O)c3ccccc3)C34[C@@H]2OC(=O)[C@@]32CC(=O)O[C@H]2C[C@@]4(O)C(C)(C)C)C1. The molecule has 238 valence electrons. The van der Waals surface area contributed by atoms with Crippen LogP contribution in [-0.4, -0.2) is 94.1 Å². The van der Waals surface area contributed by atoms with Gasteiger partial charge in [0, 0.05) is 26.1 Å². The van der Waals surface area contributed by atoms with Crippen molar-refractivity contribution in [3.8, 4) is 0 Å². The first kappa shape index (κ1) is 30.4. The molecule has 2 spiro atoms. The standard InChI is InChI=1S/C32H40N2O10/c1-28(2,3)31(40)14-20-30(15-21(35)41-20)26(38)43-25-32(30,31)22(42-24(37)19-10-8-7-9-11-19)23(36)34(25)17-18-12-13-33(16-18)27(39)44-29(4,5)6/h7-11,18,20,22,25,40H,12-17H2,1-6H3/t18-,20-,22-,25-,30-,31+,32?/m0/s1. The van der Waals surface area contributed by atoms with Crippen molar-refractivity contribution in [2.24, 2.45) is 22.2 Å². The molecule has 5 aliphatic rings. The maximum Gasteiger partial charge on any atom is 0.410 e. The number of hydrogen-bond donors (Lipinski definition) is 1. The minimum atomic E-state index is -1.85. The highest BCUT2D eigenvalue weighted by Crippen LogP contribution is 2.76. The molecule has 1 aromatic rings. The summed E-state index contributed by atoms with van der Waals surface area (Å²) in [5.74, 6) is -3.08. The zero-order chi connectivity index (χ0) is 32.0. The van der Waals surface area contributed by atoms with Crippen molar-refractivity contribution in [3.63, 3.8) is 0 Å². The Hall–Kier alpha value is -3.67. The second-order valence-corrected chi connectivity index (χ2v) is 14.8. The van der Waals surface area contributed by atoms with Crippen molar-refractivity contribution < 1.29 is 48.0 Å². The van der Waals surface area contributed by atoms with E-state index in [2.05, 4.69) is 0 Å². The van der Waals surface area contributed by atoms with Gasteiger partial charge in [-0.15, -0.1) is 0 Å². The Kier molecular flexibility index (Phi) is 6.67. The molecule has 2 amide bonds. The number of likely N-dealkylation sites (tertiary alicyclic amines) is 2. The normalized spacial score (nSPS) is 36.1. The fourth-order valence-corrected chi connectivity index (χ4v) is 8.28. The van der Waals surface area contributed by atoms with Crippen molar-refractivity contribution in [1.29, 1.82) is 0 Å². The van der Waals surface area contributed by atoms with E-state index in [1.807, 2.05) is 0 Å². The molecule has 44 heavy (non-hydrogen) atoms. The zero-order valence-electron chi connectivity index (χ0n) is 26.0. The summed E-state index contributed by atoms with van der Waals surface area (Å²) in [4.78, 5) is 70.5. The molecule has 4 heterocycles. The van der Waals surface area contributed by atoms with Gasteiger partial charge in [-0.2, -0.15) is 0 Å². The van der Waals surface area contributed by atoms with Crippen molar-refractivity contribution in [3.05, 3.63) is 35.9 Å². The lowest BCUT2D eigenvalue weighted by atomic mass is 9.52. The molecule has 1 aliphatic carbocycles. The van der Waals surface area contributed by atoms with Gasteiger partial charge in [0.05, 0.1) is 17.6 Å². The fraction of sp³-hybridized carbons (Fsp3) is 0.656. The van der Waals surface area contributed by atoms with Gasteiger partial charge in [-0.1, -0.05) is 39.0 Å². The summed E-state index contributed by atoms with van der Waals surface area (Å²) in [6, 6.07) is 8.12. The van der Waals surface area contributed by atoms with E-state index in [4.69, 9.17) is 18.9 Å². The Morgan fingerprint density at radius 3 is 2.36 bits per heavy atom. The average molecular weight is 613 g/mol. The van der Waals surface area contributed by atoms with E-state index < -0.39 is 82.2 Å². The van der Waals surface area contributed by atoms with E-state index in [0.29, 0.717) is 19.5 Å². The van der Waals surface area contributed by atoms with Crippen LogP contribution >= 0.6 is 0 Å². The van der Waals surface area contributed by atoms with Crippen LogP contribution in [0.1, 0.15) is 71.2 Å². The Bertz CT molecular complexity index is 1420. The smallest absolute Gasteiger partial charge is 0.410 e. The maximum atomic E-state index is 14.5. The molecule has 1 unspecified atom stereocenters. The molecule has 0 bridgehead atoms. The van der Waals surface area contributed by atoms with E-state index in [-0.39, 0.29) is 24.4 Å². The highest BCUT2D eigenvalue weighted by Gasteiger charge is 2.93. The first-order chi connectivity index (χ1) is 20.5. The van der Waals surface area contributed by atoms with Crippen LogP contribution in [0.3, 0.4) is 0 Å². The van der Waals surface area contributed by atoms with E-state index in [9.17, 15) is 29.1 Å². The first-order valence-corrected chi connectivity index (χ1v) is 15.1. The summed E-state index contributed by atoms with van der Waals surface area (Å²) >= 11 is 0. The third kappa shape index (κ3) is 4.02. The molecule has 1 saturated carbocycles. The van der Waals surface area contributed by atoms with Gasteiger partial charge in [0.1, 0.15) is 22.5 Å². The summed E-state index contributed by atoms with van der Waals surface area (Å²) in [6.45, 7) is 11.4. The number of nitrogens with zero attached hydrogens (tertiary/aromatic N) is 2. The quantitative estimate of drug-likeness (QED) is 0.397. The van der Waals surface area contributed by atoms with Crippen LogP contribution in [0.15, 0.2) is 30.3 Å². The van der Waals surface area contributed by atoms with E-state index >= 15 is 0 Å².